The summed E-state index contributed by atoms with van der Waals surface area (Å²) < 4.78 is 50.5. The molecule has 0 saturated heterocycles. The van der Waals surface area contributed by atoms with Gasteiger partial charge in [-0.2, -0.15) is 0 Å². The number of hydrogen-bond donors (Lipinski definition) is 1. The summed E-state index contributed by atoms with van der Waals surface area (Å²) in [4.78, 5) is 0. The highest BCUT2D eigenvalue weighted by atomic mass is 79.9. The summed E-state index contributed by atoms with van der Waals surface area (Å²) in [5.74, 6) is -3.13. The standard InChI is InChI=1S/C7H4BrClF2.C7H5ClF2O/c8-3-4-1-2-5(10)6(9)7(4)11;8-6-5(9)2-1-4(3-11)7(6)10/h1-2H,3H2;1-2,11H,3H2. The number of hydrogen-bond acceptors (Lipinski definition) is 1. The van der Waals surface area contributed by atoms with E-state index in [0.29, 0.717) is 10.9 Å². The van der Waals surface area contributed by atoms with Gasteiger partial charge in [-0.05, 0) is 12.1 Å². The molecule has 1 N–H and O–H groups in total. The summed E-state index contributed by atoms with van der Waals surface area (Å²) in [7, 11) is 0. The van der Waals surface area contributed by atoms with Crippen LogP contribution in [0.1, 0.15) is 11.1 Å². The topological polar surface area (TPSA) is 20.2 Å². The lowest BCUT2D eigenvalue weighted by atomic mass is 10.2. The summed E-state index contributed by atoms with van der Waals surface area (Å²) in [6.45, 7) is -0.480. The van der Waals surface area contributed by atoms with Gasteiger partial charge in [0.15, 0.2) is 0 Å². The average molecular weight is 420 g/mol. The Bertz CT molecular complexity index is 610. The van der Waals surface area contributed by atoms with Crippen molar-refractivity contribution in [3.8, 4) is 0 Å². The fourth-order valence-corrected chi connectivity index (χ4v) is 2.16. The SMILES string of the molecule is Fc1ccc(CBr)c(F)c1Cl.OCc1ccc(F)c(Cl)c1F. The molecule has 0 atom stereocenters. The highest BCUT2D eigenvalue weighted by Gasteiger charge is 2.10. The molecule has 120 valence electrons. The van der Waals surface area contributed by atoms with Gasteiger partial charge in [-0.25, -0.2) is 17.6 Å². The van der Waals surface area contributed by atoms with Crippen LogP contribution in [0.15, 0.2) is 24.3 Å². The zero-order valence-corrected chi connectivity index (χ0v) is 13.9. The van der Waals surface area contributed by atoms with Crippen molar-refractivity contribution in [2.24, 2.45) is 0 Å². The second-order valence-corrected chi connectivity index (χ2v) is 5.28. The first-order valence-corrected chi connectivity index (χ1v) is 7.62. The molecule has 0 aromatic heterocycles. The molecule has 0 spiro atoms. The molecular weight excluding hydrogens is 411 g/mol. The molecule has 2 aromatic rings. The summed E-state index contributed by atoms with van der Waals surface area (Å²) in [5, 5.41) is 7.83. The van der Waals surface area contributed by atoms with E-state index in [1.54, 1.807) is 0 Å². The Morgan fingerprint density at radius 1 is 0.818 bits per heavy atom. The number of halogens is 7. The van der Waals surface area contributed by atoms with Crippen LogP contribution in [-0.2, 0) is 11.9 Å². The molecule has 8 heteroatoms. The van der Waals surface area contributed by atoms with Crippen molar-refractivity contribution in [1.82, 2.24) is 0 Å². The van der Waals surface area contributed by atoms with Gasteiger partial charge in [0.05, 0.1) is 6.61 Å². The fraction of sp³-hybridized carbons (Fsp3) is 0.143. The van der Waals surface area contributed by atoms with E-state index in [4.69, 9.17) is 28.3 Å². The Morgan fingerprint density at radius 3 is 1.64 bits per heavy atom. The van der Waals surface area contributed by atoms with Gasteiger partial charge in [0.1, 0.15) is 33.3 Å². The third-order valence-corrected chi connectivity index (χ3v) is 3.84. The van der Waals surface area contributed by atoms with Crippen LogP contribution in [0.25, 0.3) is 0 Å². The van der Waals surface area contributed by atoms with Gasteiger partial charge in [0, 0.05) is 16.5 Å². The molecule has 0 aliphatic carbocycles. The molecule has 0 aliphatic heterocycles. The number of aliphatic hydroxyl groups excluding tert-OH is 1. The molecule has 0 unspecified atom stereocenters. The van der Waals surface area contributed by atoms with E-state index in [0.717, 1.165) is 18.2 Å². The second-order valence-electron chi connectivity index (χ2n) is 3.96. The fourth-order valence-electron chi connectivity index (χ4n) is 1.36. The van der Waals surface area contributed by atoms with Crippen molar-refractivity contribution in [2.75, 3.05) is 0 Å². The van der Waals surface area contributed by atoms with E-state index in [9.17, 15) is 17.6 Å². The Hall–Kier alpha value is -0.820. The van der Waals surface area contributed by atoms with Gasteiger partial charge in [-0.15, -0.1) is 0 Å². The van der Waals surface area contributed by atoms with Crippen LogP contribution >= 0.6 is 39.1 Å². The molecule has 1 nitrogen and oxygen atoms in total. The number of alkyl halides is 1. The lowest BCUT2D eigenvalue weighted by Gasteiger charge is -2.00. The monoisotopic (exact) mass is 418 g/mol. The quantitative estimate of drug-likeness (QED) is 0.380. The minimum Gasteiger partial charge on any atom is -0.392 e. The molecule has 0 fully saturated rings. The van der Waals surface area contributed by atoms with Gasteiger partial charge < -0.3 is 5.11 Å². The van der Waals surface area contributed by atoms with Crippen molar-refractivity contribution in [3.63, 3.8) is 0 Å². The smallest absolute Gasteiger partial charge is 0.150 e. The van der Waals surface area contributed by atoms with Crippen molar-refractivity contribution in [1.29, 1.82) is 0 Å². The predicted molar refractivity (Wildman–Crippen MR) is 81.3 cm³/mol. The second kappa shape index (κ2) is 8.72. The first-order valence-electron chi connectivity index (χ1n) is 5.75. The Morgan fingerprint density at radius 2 is 1.23 bits per heavy atom. The zero-order valence-electron chi connectivity index (χ0n) is 10.8. The summed E-state index contributed by atoms with van der Waals surface area (Å²) in [6, 6.07) is 4.65. The normalized spacial score (nSPS) is 10.2. The number of rotatable bonds is 2. The number of aliphatic hydroxyl groups is 1. The minimum atomic E-state index is -0.894. The zero-order chi connectivity index (χ0) is 16.9. The van der Waals surface area contributed by atoms with E-state index < -0.39 is 39.9 Å². The van der Waals surface area contributed by atoms with Crippen molar-refractivity contribution >= 4 is 39.1 Å². The molecular formula is C14H9BrCl2F4O. The van der Waals surface area contributed by atoms with Crippen LogP contribution < -0.4 is 0 Å². The molecule has 0 amide bonds. The van der Waals surface area contributed by atoms with Gasteiger partial charge in [-0.3, -0.25) is 0 Å². The van der Waals surface area contributed by atoms with Crippen molar-refractivity contribution < 1.29 is 22.7 Å². The molecule has 0 saturated carbocycles. The van der Waals surface area contributed by atoms with Crippen LogP contribution in [0.4, 0.5) is 17.6 Å². The maximum absolute atomic E-state index is 12.9. The predicted octanol–water partition coefficient (Wildman–Crippen LogP) is 5.62. The number of benzene rings is 2. The van der Waals surface area contributed by atoms with Gasteiger partial charge >= 0.3 is 0 Å². The minimum absolute atomic E-state index is 0.00333. The molecule has 22 heavy (non-hydrogen) atoms. The van der Waals surface area contributed by atoms with Crippen molar-refractivity contribution in [2.45, 2.75) is 11.9 Å². The van der Waals surface area contributed by atoms with Crippen LogP contribution in [0, 0.1) is 23.3 Å². The van der Waals surface area contributed by atoms with Crippen LogP contribution in [0.3, 0.4) is 0 Å². The lowest BCUT2D eigenvalue weighted by molar-refractivity contribution is 0.275. The van der Waals surface area contributed by atoms with Crippen molar-refractivity contribution in [3.05, 3.63) is 68.7 Å². The van der Waals surface area contributed by atoms with E-state index in [2.05, 4.69) is 15.9 Å². The van der Waals surface area contributed by atoms with E-state index >= 15 is 0 Å². The molecule has 0 bridgehead atoms. The first-order chi connectivity index (χ1) is 10.3. The Balaban J connectivity index is 0.000000220. The van der Waals surface area contributed by atoms with Crippen LogP contribution in [-0.4, -0.2) is 5.11 Å². The van der Waals surface area contributed by atoms with E-state index in [-0.39, 0.29) is 5.56 Å². The highest BCUT2D eigenvalue weighted by Crippen LogP contribution is 2.23. The highest BCUT2D eigenvalue weighted by molar-refractivity contribution is 9.08. The molecule has 2 rings (SSSR count). The summed E-state index contributed by atoms with van der Waals surface area (Å²) in [6.07, 6.45) is 0. The largest absolute Gasteiger partial charge is 0.392 e. The lowest BCUT2D eigenvalue weighted by Crippen LogP contribution is -1.92. The van der Waals surface area contributed by atoms with E-state index in [1.807, 2.05) is 0 Å². The summed E-state index contributed by atoms with van der Waals surface area (Å²) >= 11 is 13.5. The Kier molecular flexibility index (Phi) is 7.62. The third-order valence-electron chi connectivity index (χ3n) is 2.54. The Labute approximate surface area is 142 Å². The summed E-state index contributed by atoms with van der Waals surface area (Å²) in [5.41, 5.74) is 0.354. The van der Waals surface area contributed by atoms with Gasteiger partial charge in [0.25, 0.3) is 0 Å². The molecule has 0 heterocycles. The van der Waals surface area contributed by atoms with E-state index in [1.165, 1.54) is 6.07 Å². The van der Waals surface area contributed by atoms with Crippen LogP contribution in [0.5, 0.6) is 0 Å². The van der Waals surface area contributed by atoms with Crippen LogP contribution in [0.2, 0.25) is 10.0 Å². The maximum atomic E-state index is 12.9. The average Bonchev–Trinajstić information content (AvgIpc) is 2.51. The molecule has 0 aliphatic rings. The third kappa shape index (κ3) is 4.59. The first kappa shape index (κ1) is 19.2. The molecule has 2 aromatic carbocycles. The maximum Gasteiger partial charge on any atom is 0.150 e. The molecule has 0 radical (unpaired) electrons. The van der Waals surface area contributed by atoms with Gasteiger partial charge in [-0.1, -0.05) is 51.3 Å². The van der Waals surface area contributed by atoms with Gasteiger partial charge in [0.2, 0.25) is 0 Å².